The molecule has 0 saturated heterocycles. The molecule has 78 nitrogen and oxygen atoms in total. The predicted molar refractivity (Wildman–Crippen MR) is 388 cm³/mol. The van der Waals surface area contributed by atoms with E-state index >= 15 is 0 Å². The minimum absolute atomic E-state index is 0. The Morgan fingerprint density at radius 3 is 0.167 bits per heavy atom. The average molecular weight is 2520 g/mol. The van der Waals surface area contributed by atoms with Crippen molar-refractivity contribution in [3.05, 3.63) is 0 Å². The van der Waals surface area contributed by atoms with Gasteiger partial charge in [-0.05, 0) is 0 Å². The Bertz CT molecular complexity index is 2910. The van der Waals surface area contributed by atoms with Crippen LogP contribution in [0.1, 0.15) is 0 Å². The van der Waals surface area contributed by atoms with E-state index in [4.69, 9.17) is 240 Å². The van der Waals surface area contributed by atoms with Crippen molar-refractivity contribution in [1.82, 2.24) is 0 Å². The van der Waals surface area contributed by atoms with E-state index in [0.717, 1.165) is 0 Å². The molecule has 0 unspecified atom stereocenters. The fourth-order valence-electron chi connectivity index (χ4n) is 2.84. The van der Waals surface area contributed by atoms with Crippen LogP contribution in [0, 0.1) is 0 Å². The van der Waals surface area contributed by atoms with Crippen LogP contribution in [-0.2, 0) is 110 Å². The second-order valence-corrected chi connectivity index (χ2v) is 64.4. The number of hydrogen-bond donors (Lipinski definition) is 48. The van der Waals surface area contributed by atoms with Gasteiger partial charge in [-0.2, -0.15) is 0 Å². The van der Waals surface area contributed by atoms with Gasteiger partial charge >= 0.3 is 468 Å². The molecule has 0 aromatic heterocycles. The zero-order valence-corrected chi connectivity index (χ0v) is 104. The molecule has 0 aliphatic carbocycles. The SMILES string of the molecule is NCCN.NCCN.NCCN.O=P(O)(O)CP(=O)(O)O.O=P(O)(O)CP(=O)(O)O.O=P(O)(O)CP(=O)(O)O.O=P(O)(O)CP(=O)(O)O.O=P(O)(O)CP(=O)(O)O.O=P(O)(O)CP(=O)(O)O.O=P(O)(O)CP(=O)(O)O.O=P(O)(O)CP(=O)(O)O.O=P(O)(O)CP(=O)(O)O.O=P(O)(O)CP(=O)(O)O.O=P([O-])([O-])CP(=O)(O)O.O=P([O-])([O-])CP(=O)([O-])[O-].[K+].[K+].[K+].[K+].[K+].[K+]. The van der Waals surface area contributed by atoms with Crippen LogP contribution in [-0.4, -0.2) is 316 Å². The Kier molecular flexibility index (Phi) is 128. The van der Waals surface area contributed by atoms with Gasteiger partial charge < -0.3 is 283 Å². The number of rotatable bonds is 27. The van der Waals surface area contributed by atoms with E-state index < -0.39 is 253 Å². The van der Waals surface area contributed by atoms with E-state index in [-0.39, 0.29) is 308 Å². The van der Waals surface area contributed by atoms with E-state index in [2.05, 4.69) is 0 Å². The Morgan fingerprint density at radius 1 is 0.119 bits per heavy atom. The summed E-state index contributed by atoms with van der Waals surface area (Å²) >= 11 is 0. The van der Waals surface area contributed by atoms with Gasteiger partial charge in [0.05, 0.1) is 5.90 Å². The third kappa shape index (κ3) is 327. The second kappa shape index (κ2) is 84.7. The topological polar surface area (TPSA) is 1550 Å². The van der Waals surface area contributed by atoms with Crippen LogP contribution in [0.25, 0.3) is 0 Å². The van der Waals surface area contributed by atoms with Gasteiger partial charge in [-0.15, -0.1) is 0 Å². The first-order valence-corrected chi connectivity index (χ1v) is 68.3. The van der Waals surface area contributed by atoms with Crippen molar-refractivity contribution in [1.29, 1.82) is 0 Å². The second-order valence-electron chi connectivity index (χ2n) is 19.2. The van der Waals surface area contributed by atoms with Crippen LogP contribution >= 0.6 is 182 Å². The molecule has 108 heteroatoms. The number of nitrogens with two attached hydrogens (primary N) is 6. The first-order valence-electron chi connectivity index (χ1n) is 25.4. The van der Waals surface area contributed by atoms with Crippen molar-refractivity contribution >= 4 is 182 Å². The summed E-state index contributed by atoms with van der Waals surface area (Å²) in [4.78, 5) is 392. The van der Waals surface area contributed by atoms with Crippen molar-refractivity contribution in [2.24, 2.45) is 34.4 Å². The molecule has 750 valence electrons. The van der Waals surface area contributed by atoms with Gasteiger partial charge in [0.1, 0.15) is 0 Å². The minimum Gasteiger partial charge on any atom is -0.810 e. The molecule has 0 saturated carbocycles. The van der Waals surface area contributed by atoms with Gasteiger partial charge in [-0.25, -0.2) is 0 Å². The van der Waals surface area contributed by atoms with Crippen molar-refractivity contribution in [2.45, 2.75) is 0 Å². The zero-order valence-electron chi connectivity index (χ0n) is 64.0. The molecule has 0 fully saturated rings. The summed E-state index contributed by atoms with van der Waals surface area (Å²) in [6.45, 7) is 3.58. The van der Waals surface area contributed by atoms with E-state index in [1.165, 1.54) is 0 Å². The molecule has 0 aromatic rings. The molecule has 0 amide bonds. The van der Waals surface area contributed by atoms with Gasteiger partial charge in [0.15, 0.2) is 59.0 Å². The summed E-state index contributed by atoms with van der Waals surface area (Å²) in [6, 6.07) is 0. The van der Waals surface area contributed by atoms with Gasteiger partial charge in [-0.1, -0.05) is 22.8 Å². The maximum Gasteiger partial charge on any atom is 1.00 e. The predicted octanol–water partition coefficient (Wildman–Crippen LogP) is -33.5. The Morgan fingerprint density at radius 2 is 0.167 bits per heavy atom. The molecule has 0 aromatic carbocycles. The summed E-state index contributed by atoms with van der Waals surface area (Å²) in [7, 11) is -111. The fraction of sp³-hybridized carbons (Fsp3) is 1.00. The Labute approximate surface area is 962 Å². The summed E-state index contributed by atoms with van der Waals surface area (Å²) in [5.41, 5.74) is 29.4. The maximum atomic E-state index is 9.85. The quantitative estimate of drug-likeness (QED) is 0.0268. The monoisotopic (exact) mass is 2520 g/mol. The van der Waals surface area contributed by atoms with Gasteiger partial charge in [0.25, 0.3) is 0 Å². The molecule has 0 bridgehead atoms. The molecular formula is C18H90K6N6O72P24. The third-order valence-electron chi connectivity index (χ3n) is 4.89. The van der Waals surface area contributed by atoms with Crippen molar-refractivity contribution in [3.8, 4) is 0 Å². The molecule has 0 spiro atoms. The van der Waals surface area contributed by atoms with Crippen LogP contribution in [0.3, 0.4) is 0 Å². The summed E-state index contributed by atoms with van der Waals surface area (Å²) in [6.07, 6.45) is 0. The first kappa shape index (κ1) is 190. The molecule has 0 aliphatic rings. The maximum absolute atomic E-state index is 9.85. The van der Waals surface area contributed by atoms with E-state index in [1.807, 2.05) is 0 Å². The molecule has 0 aliphatic heterocycles. The Balaban J connectivity index is -0.0000000494. The number of hydrogen-bond acceptors (Lipinski definition) is 36. The first-order chi connectivity index (χ1) is 50.2. The molecule has 0 rings (SSSR count). The molecule has 0 radical (unpaired) electrons. The van der Waals surface area contributed by atoms with Crippen LogP contribution < -0.4 is 372 Å². The largest absolute Gasteiger partial charge is 1.00 e. The standard InChI is InChI=1S/3C2H8N2.12CH6O6P2.6K/c3*3-1-2-4;12*2-8(3,4)1-9(5,6)7;;;;;;/h3*1-4H2;12*1H2,(H2,2,3,4)(H2,5,6,7);;;;;;/q;;;;;;;;;;;;;;;6*+1/p-6. The minimum atomic E-state index is -5.18. The normalized spacial score (nSPS) is 12.5. The molecule has 0 heterocycles. The van der Waals surface area contributed by atoms with Crippen LogP contribution in [0.5, 0.6) is 0 Å². The Hall–Kier alpha value is 13.2. The molecule has 0 atom stereocenters. The van der Waals surface area contributed by atoms with Crippen LogP contribution in [0.2, 0.25) is 0 Å². The molecule has 126 heavy (non-hydrogen) atoms. The van der Waals surface area contributed by atoms with Crippen molar-refractivity contribution in [2.75, 3.05) is 110 Å². The van der Waals surface area contributed by atoms with E-state index in [1.54, 1.807) is 0 Å². The van der Waals surface area contributed by atoms with E-state index in [9.17, 15) is 139 Å². The molecule has 54 N–H and O–H groups in total. The van der Waals surface area contributed by atoms with Gasteiger partial charge in [0.2, 0.25) is 0 Å². The zero-order chi connectivity index (χ0) is 103. The van der Waals surface area contributed by atoms with Crippen molar-refractivity contribution in [3.63, 3.8) is 0 Å². The van der Waals surface area contributed by atoms with Crippen LogP contribution in [0.4, 0.5) is 0 Å². The fourth-order valence-corrected chi connectivity index (χ4v) is 25.5. The van der Waals surface area contributed by atoms with Gasteiger partial charge in [-0.3, -0.25) is 95.9 Å². The van der Waals surface area contributed by atoms with E-state index in [0.29, 0.717) is 39.3 Å². The summed E-state index contributed by atoms with van der Waals surface area (Å²) in [5.74, 6) is -17.2. The van der Waals surface area contributed by atoms with Gasteiger partial charge in [0, 0.05) is 45.2 Å². The third-order valence-corrected chi connectivity index (χ3v) is 40.0. The summed E-state index contributed by atoms with van der Waals surface area (Å²) < 4.78 is 235. The summed E-state index contributed by atoms with van der Waals surface area (Å²) in [5, 5.41) is 0. The smallest absolute Gasteiger partial charge is 0.810 e. The van der Waals surface area contributed by atoms with Crippen molar-refractivity contribution < 1.29 is 653 Å². The molecular weight excluding hydrogens is 2430 g/mol. The van der Waals surface area contributed by atoms with Crippen LogP contribution in [0.15, 0.2) is 0 Å². The average Bonchev–Trinajstić information content (AvgIpc) is 1.02.